The van der Waals surface area contributed by atoms with E-state index in [9.17, 15) is 60.7 Å². The van der Waals surface area contributed by atoms with Gasteiger partial charge in [0.05, 0.1) is 29.9 Å². The molecule has 2 heterocycles. The summed E-state index contributed by atoms with van der Waals surface area (Å²) in [4.78, 5) is 57.4. The molecule has 152 valence electrons. The van der Waals surface area contributed by atoms with Gasteiger partial charge in [0, 0.05) is 10.2 Å². The minimum Gasteiger partial charge on any atom is -0.358 e. The van der Waals surface area contributed by atoms with E-state index in [2.05, 4.69) is 20.5 Å². The van der Waals surface area contributed by atoms with Gasteiger partial charge in [0.25, 0.3) is 0 Å². The number of nitro groups is 6. The Kier molecular flexibility index (Phi) is 4.47. The monoisotopic (exact) mass is 418 g/mol. The summed E-state index contributed by atoms with van der Waals surface area (Å²) in [7, 11) is 0. The van der Waals surface area contributed by atoms with Crippen LogP contribution in [0.15, 0.2) is 43.5 Å². The Labute approximate surface area is 152 Å². The Bertz CT molecular complexity index is 944. The molecular formula is C7H2N10O12. The summed E-state index contributed by atoms with van der Waals surface area (Å²) in [5.41, 5.74) is -11.3. The highest BCUT2D eigenvalue weighted by Gasteiger charge is 2.79. The van der Waals surface area contributed by atoms with Crippen molar-refractivity contribution in [3.05, 3.63) is 83.7 Å². The second-order valence-corrected chi connectivity index (χ2v) is 5.10. The molecule has 2 unspecified atom stereocenters. The predicted molar refractivity (Wildman–Crippen MR) is 75.8 cm³/mol. The quantitative estimate of drug-likeness (QED) is 0.362. The van der Waals surface area contributed by atoms with Gasteiger partial charge in [-0.2, -0.15) is 0 Å². The number of rotatable bonds is 8. The first-order valence-corrected chi connectivity index (χ1v) is 6.53. The zero-order valence-corrected chi connectivity index (χ0v) is 13.1. The van der Waals surface area contributed by atoms with Crippen LogP contribution < -0.4 is 0 Å². The van der Waals surface area contributed by atoms with Crippen LogP contribution in [0.1, 0.15) is 6.42 Å². The normalized spacial score (nSPS) is 25.4. The van der Waals surface area contributed by atoms with Crippen LogP contribution in [0.2, 0.25) is 0 Å². The number of azo groups is 2. The Morgan fingerprint density at radius 1 is 0.586 bits per heavy atom. The van der Waals surface area contributed by atoms with Gasteiger partial charge in [0.15, 0.2) is 6.42 Å². The van der Waals surface area contributed by atoms with Crippen LogP contribution in [0.4, 0.5) is 0 Å². The van der Waals surface area contributed by atoms with Gasteiger partial charge in [0.1, 0.15) is 0 Å². The summed E-state index contributed by atoms with van der Waals surface area (Å²) >= 11 is 0. The number of hydrogen-bond acceptors (Lipinski definition) is 16. The summed E-state index contributed by atoms with van der Waals surface area (Å²) in [6.45, 7) is 0. The molecule has 0 amide bonds. The van der Waals surface area contributed by atoms with Crippen molar-refractivity contribution >= 4 is 0 Å². The van der Waals surface area contributed by atoms with Crippen LogP contribution in [-0.4, -0.2) is 40.9 Å². The lowest BCUT2D eigenvalue weighted by Crippen LogP contribution is -2.51. The average molecular weight is 418 g/mol. The Balaban J connectivity index is 2.84. The molecule has 22 heteroatoms. The molecule has 0 saturated carbocycles. The third-order valence-corrected chi connectivity index (χ3v) is 3.61. The Morgan fingerprint density at radius 3 is 1.10 bits per heavy atom. The van der Waals surface area contributed by atoms with Gasteiger partial charge in [-0.05, 0) is 9.85 Å². The van der Waals surface area contributed by atoms with Crippen molar-refractivity contribution in [1.29, 1.82) is 0 Å². The van der Waals surface area contributed by atoms with E-state index in [1.807, 2.05) is 0 Å². The van der Waals surface area contributed by atoms with Crippen molar-refractivity contribution in [3.8, 4) is 0 Å². The fraction of sp³-hybridized carbons (Fsp3) is 0.429. The van der Waals surface area contributed by atoms with Gasteiger partial charge in [-0.15, -0.1) is 0 Å². The molecule has 0 saturated heterocycles. The molecule has 2 aliphatic rings. The van der Waals surface area contributed by atoms with Crippen LogP contribution in [0.3, 0.4) is 0 Å². The van der Waals surface area contributed by atoms with E-state index in [1.165, 1.54) is 0 Å². The van der Waals surface area contributed by atoms with Crippen LogP contribution in [0.25, 0.3) is 0 Å². The molecule has 0 fully saturated rings. The van der Waals surface area contributed by atoms with Crippen molar-refractivity contribution in [1.82, 2.24) is 0 Å². The maximum Gasteiger partial charge on any atom is 0.474 e. The van der Waals surface area contributed by atoms with Gasteiger partial charge in [0.2, 0.25) is 0 Å². The molecule has 0 spiro atoms. The highest BCUT2D eigenvalue weighted by Crippen LogP contribution is 2.46. The largest absolute Gasteiger partial charge is 0.474 e. The van der Waals surface area contributed by atoms with Crippen LogP contribution in [0.5, 0.6) is 0 Å². The van der Waals surface area contributed by atoms with E-state index in [0.717, 1.165) is 0 Å². The van der Waals surface area contributed by atoms with Crippen molar-refractivity contribution in [3.63, 3.8) is 0 Å². The summed E-state index contributed by atoms with van der Waals surface area (Å²) in [6, 6.07) is 0. The molecule has 2 atom stereocenters. The molecule has 2 aliphatic heterocycles. The van der Waals surface area contributed by atoms with Crippen molar-refractivity contribution in [2.45, 2.75) is 17.7 Å². The van der Waals surface area contributed by atoms with E-state index in [4.69, 9.17) is 0 Å². The van der Waals surface area contributed by atoms with Crippen LogP contribution in [-0.2, 0) is 0 Å². The summed E-state index contributed by atoms with van der Waals surface area (Å²) < 4.78 is 0. The zero-order chi connectivity index (χ0) is 22.3. The zero-order valence-electron chi connectivity index (χ0n) is 13.1. The Hall–Kier alpha value is -4.92. The highest BCUT2D eigenvalue weighted by molar-refractivity contribution is 5.23. The van der Waals surface area contributed by atoms with Gasteiger partial charge in [-0.1, -0.05) is 0 Å². The van der Waals surface area contributed by atoms with E-state index in [-0.39, 0.29) is 0 Å². The predicted octanol–water partition coefficient (Wildman–Crippen LogP) is -0.301. The second-order valence-electron chi connectivity index (χ2n) is 5.10. The maximum atomic E-state index is 11.5. The third kappa shape index (κ3) is 2.75. The van der Waals surface area contributed by atoms with Gasteiger partial charge >= 0.3 is 34.4 Å². The minimum absolute atomic E-state index is 1.55. The van der Waals surface area contributed by atoms with Crippen molar-refractivity contribution < 1.29 is 29.5 Å². The molecule has 0 aromatic carbocycles. The summed E-state index contributed by atoms with van der Waals surface area (Å²) in [6.07, 6.45) is -2.03. The molecule has 0 radical (unpaired) electrons. The molecule has 29 heavy (non-hydrogen) atoms. The molecule has 0 aromatic heterocycles. The lowest BCUT2D eigenvalue weighted by Gasteiger charge is -2.16. The van der Waals surface area contributed by atoms with Gasteiger partial charge < -0.3 is 20.2 Å². The van der Waals surface area contributed by atoms with Gasteiger partial charge in [-0.3, -0.25) is 40.5 Å². The van der Waals surface area contributed by atoms with Crippen molar-refractivity contribution in [2.24, 2.45) is 20.5 Å². The first kappa shape index (κ1) is 20.4. The molecule has 22 nitrogen and oxygen atoms in total. The standard InChI is InChI=1S/C7H2N10O12/c18-12(19)2-4(14(22)23)8-10-6(2,16(26)27)1-7(17(28)29)3(13(20)21)5(9-11-7)15(24)25/h1H2. The summed E-state index contributed by atoms with van der Waals surface area (Å²) in [5.74, 6) is -3.53. The smallest absolute Gasteiger partial charge is 0.358 e. The lowest BCUT2D eigenvalue weighted by atomic mass is 9.91. The topological polar surface area (TPSA) is 308 Å². The first-order chi connectivity index (χ1) is 13.3. The third-order valence-electron chi connectivity index (χ3n) is 3.61. The minimum atomic E-state index is -3.70. The fourth-order valence-corrected chi connectivity index (χ4v) is 2.47. The lowest BCUT2D eigenvalue weighted by molar-refractivity contribution is -0.637. The fourth-order valence-electron chi connectivity index (χ4n) is 2.47. The highest BCUT2D eigenvalue weighted by atomic mass is 16.7. The van der Waals surface area contributed by atoms with Crippen LogP contribution >= 0.6 is 0 Å². The Morgan fingerprint density at radius 2 is 0.897 bits per heavy atom. The van der Waals surface area contributed by atoms with E-state index >= 15 is 0 Å². The first-order valence-electron chi connectivity index (χ1n) is 6.53. The number of hydrogen-bond donors (Lipinski definition) is 0. The molecule has 0 aromatic rings. The van der Waals surface area contributed by atoms with Crippen molar-refractivity contribution in [2.75, 3.05) is 0 Å². The average Bonchev–Trinajstić information content (AvgIpc) is 3.15. The molecule has 0 aliphatic carbocycles. The SMILES string of the molecule is O=[N+]([O-])C1=C([N+](=O)[O-])C(CC2([N+](=O)[O-])N=NC([N+](=O)[O-])=C2[N+](=O)[O-])([N+](=O)[O-])N=N1. The van der Waals surface area contributed by atoms with Gasteiger partial charge in [-0.25, -0.2) is 0 Å². The molecule has 0 bridgehead atoms. The molecular weight excluding hydrogens is 416 g/mol. The summed E-state index contributed by atoms with van der Waals surface area (Å²) in [5, 5.41) is 78.1. The maximum absolute atomic E-state index is 11.5. The second kappa shape index (κ2) is 6.35. The molecule has 2 rings (SSSR count). The number of nitrogens with zero attached hydrogens (tertiary/aromatic N) is 10. The van der Waals surface area contributed by atoms with Crippen LogP contribution in [0, 0.1) is 60.7 Å². The van der Waals surface area contributed by atoms with E-state index < -0.39 is 70.3 Å². The molecule has 0 N–H and O–H groups in total. The van der Waals surface area contributed by atoms with E-state index in [1.54, 1.807) is 0 Å². The van der Waals surface area contributed by atoms with E-state index in [0.29, 0.717) is 0 Å².